The maximum Gasteiger partial charge on any atom is 0.236 e. The van der Waals surface area contributed by atoms with E-state index in [-0.39, 0.29) is 12.0 Å². The number of carbonyl (C=O) groups excluding carboxylic acids is 1. The van der Waals surface area contributed by atoms with Crippen LogP contribution in [-0.4, -0.2) is 59.6 Å². The van der Waals surface area contributed by atoms with Crippen molar-refractivity contribution in [3.05, 3.63) is 0 Å². The number of nitriles is 1. The van der Waals surface area contributed by atoms with Crippen LogP contribution < -0.4 is 0 Å². The number of likely N-dealkylation sites (tertiary alicyclic amines) is 1. The van der Waals surface area contributed by atoms with Crippen molar-refractivity contribution < 1.29 is 9.90 Å². The van der Waals surface area contributed by atoms with Crippen LogP contribution in [0.2, 0.25) is 0 Å². The molecule has 1 aliphatic rings. The molecule has 5 nitrogen and oxygen atoms in total. The second-order valence-corrected chi connectivity index (χ2v) is 4.95. The Morgan fingerprint density at radius 3 is 2.89 bits per heavy atom. The smallest absolute Gasteiger partial charge is 0.236 e. The van der Waals surface area contributed by atoms with Crippen LogP contribution in [0.5, 0.6) is 0 Å². The molecule has 0 aromatic heterocycles. The molecule has 0 spiro atoms. The molecule has 1 heterocycles. The lowest BCUT2D eigenvalue weighted by molar-refractivity contribution is -0.133. The first-order valence-corrected chi connectivity index (χ1v) is 6.63. The lowest BCUT2D eigenvalue weighted by Crippen LogP contribution is -2.48. The Hall–Kier alpha value is -1.12. The van der Waals surface area contributed by atoms with Crippen LogP contribution in [0.25, 0.3) is 0 Å². The summed E-state index contributed by atoms with van der Waals surface area (Å²) in [5, 5.41) is 18.3. The zero-order valence-electron chi connectivity index (χ0n) is 11.3. The molecule has 0 aromatic rings. The molecule has 2 unspecified atom stereocenters. The molecule has 1 N–H and O–H groups in total. The Bertz CT molecular complexity index is 314. The van der Waals surface area contributed by atoms with Gasteiger partial charge in [-0.2, -0.15) is 5.26 Å². The molecule has 102 valence electrons. The maximum atomic E-state index is 12.0. The van der Waals surface area contributed by atoms with Gasteiger partial charge in [0, 0.05) is 19.6 Å². The van der Waals surface area contributed by atoms with E-state index in [1.54, 1.807) is 4.90 Å². The van der Waals surface area contributed by atoms with E-state index in [9.17, 15) is 9.90 Å². The number of hydrogen-bond donors (Lipinski definition) is 1. The molecular weight excluding hydrogens is 230 g/mol. The molecule has 0 aromatic carbocycles. The number of carbonyl (C=O) groups is 1. The number of hydrogen-bond acceptors (Lipinski definition) is 4. The van der Waals surface area contributed by atoms with Crippen molar-refractivity contribution in [1.82, 2.24) is 9.80 Å². The molecule has 0 aliphatic carbocycles. The Balaban J connectivity index is 2.41. The van der Waals surface area contributed by atoms with Gasteiger partial charge in [0.2, 0.25) is 5.91 Å². The number of likely N-dealkylation sites (N-methyl/N-ethyl adjacent to an activating group) is 1. The Kier molecular flexibility index (Phi) is 6.10. The molecular formula is C13H23N3O2. The summed E-state index contributed by atoms with van der Waals surface area (Å²) < 4.78 is 0. The SMILES string of the molecule is CCN(CCC#N)C(=O)CN1CCC(C)C(O)C1. The van der Waals surface area contributed by atoms with E-state index in [1.165, 1.54) is 0 Å². The quantitative estimate of drug-likeness (QED) is 0.772. The van der Waals surface area contributed by atoms with Gasteiger partial charge in [0.05, 0.1) is 25.1 Å². The predicted octanol–water partition coefficient (Wildman–Crippen LogP) is 0.451. The average molecular weight is 253 g/mol. The van der Waals surface area contributed by atoms with Gasteiger partial charge in [-0.3, -0.25) is 9.69 Å². The molecule has 0 bridgehead atoms. The molecule has 0 saturated carbocycles. The molecule has 18 heavy (non-hydrogen) atoms. The lowest BCUT2D eigenvalue weighted by atomic mass is 9.96. The van der Waals surface area contributed by atoms with Crippen LogP contribution in [0, 0.1) is 17.2 Å². The van der Waals surface area contributed by atoms with E-state index < -0.39 is 0 Å². The monoisotopic (exact) mass is 253 g/mol. The van der Waals surface area contributed by atoms with Crippen LogP contribution in [0.3, 0.4) is 0 Å². The summed E-state index contributed by atoms with van der Waals surface area (Å²) in [6.07, 6.45) is 0.971. The first kappa shape index (κ1) is 14.9. The third-order valence-electron chi connectivity index (χ3n) is 3.59. The van der Waals surface area contributed by atoms with Crippen LogP contribution in [-0.2, 0) is 4.79 Å². The highest BCUT2D eigenvalue weighted by atomic mass is 16.3. The molecule has 1 amide bonds. The van der Waals surface area contributed by atoms with Crippen molar-refractivity contribution >= 4 is 5.91 Å². The van der Waals surface area contributed by atoms with Crippen LogP contribution >= 0.6 is 0 Å². The van der Waals surface area contributed by atoms with Crippen molar-refractivity contribution in [2.75, 3.05) is 32.7 Å². The van der Waals surface area contributed by atoms with Gasteiger partial charge >= 0.3 is 0 Å². The van der Waals surface area contributed by atoms with Gasteiger partial charge < -0.3 is 10.0 Å². The minimum Gasteiger partial charge on any atom is -0.392 e. The molecule has 1 saturated heterocycles. The van der Waals surface area contributed by atoms with E-state index in [1.807, 2.05) is 18.7 Å². The topological polar surface area (TPSA) is 67.6 Å². The van der Waals surface area contributed by atoms with Crippen molar-refractivity contribution in [1.29, 1.82) is 5.26 Å². The average Bonchev–Trinajstić information content (AvgIpc) is 2.35. The molecule has 1 fully saturated rings. The van der Waals surface area contributed by atoms with Crippen LogP contribution in [0.1, 0.15) is 26.7 Å². The van der Waals surface area contributed by atoms with Gasteiger partial charge in [0.25, 0.3) is 0 Å². The minimum absolute atomic E-state index is 0.0505. The van der Waals surface area contributed by atoms with Crippen molar-refractivity contribution in [2.24, 2.45) is 5.92 Å². The summed E-state index contributed by atoms with van der Waals surface area (Å²) in [6, 6.07) is 2.06. The summed E-state index contributed by atoms with van der Waals surface area (Å²) in [6.45, 7) is 6.87. The normalized spacial score (nSPS) is 24.6. The Morgan fingerprint density at radius 1 is 1.61 bits per heavy atom. The summed E-state index contributed by atoms with van der Waals surface area (Å²) in [5.74, 6) is 0.367. The van der Waals surface area contributed by atoms with Crippen molar-refractivity contribution in [3.63, 3.8) is 0 Å². The molecule has 1 aliphatic heterocycles. The summed E-state index contributed by atoms with van der Waals surface area (Å²) in [4.78, 5) is 15.7. The fraction of sp³-hybridized carbons (Fsp3) is 0.846. The Labute approximate surface area is 109 Å². The maximum absolute atomic E-state index is 12.0. The second-order valence-electron chi connectivity index (χ2n) is 4.95. The lowest BCUT2D eigenvalue weighted by Gasteiger charge is -2.34. The first-order chi connectivity index (χ1) is 8.58. The van der Waals surface area contributed by atoms with Crippen molar-refractivity contribution in [2.45, 2.75) is 32.8 Å². The standard InChI is InChI=1S/C13H23N3O2/c1-3-16(7-4-6-14)13(18)10-15-8-5-11(2)12(17)9-15/h11-12,17H,3-5,7-10H2,1-2H3. The first-order valence-electron chi connectivity index (χ1n) is 6.63. The van der Waals surface area contributed by atoms with E-state index in [2.05, 4.69) is 6.07 Å². The van der Waals surface area contributed by atoms with Crippen LogP contribution in [0.15, 0.2) is 0 Å². The minimum atomic E-state index is -0.333. The predicted molar refractivity (Wildman–Crippen MR) is 68.7 cm³/mol. The summed E-state index contributed by atoms with van der Waals surface area (Å²) in [5.41, 5.74) is 0. The fourth-order valence-electron chi connectivity index (χ4n) is 2.19. The number of amides is 1. The number of aliphatic hydroxyl groups excluding tert-OH is 1. The van der Waals surface area contributed by atoms with E-state index in [0.29, 0.717) is 38.5 Å². The number of piperidine rings is 1. The number of nitrogens with zero attached hydrogens (tertiary/aromatic N) is 3. The highest BCUT2D eigenvalue weighted by Crippen LogP contribution is 2.16. The third-order valence-corrected chi connectivity index (χ3v) is 3.59. The van der Waals surface area contributed by atoms with E-state index >= 15 is 0 Å². The highest BCUT2D eigenvalue weighted by molar-refractivity contribution is 5.78. The summed E-state index contributed by atoms with van der Waals surface area (Å²) >= 11 is 0. The number of rotatable bonds is 5. The molecule has 5 heteroatoms. The second kappa shape index (κ2) is 7.34. The number of aliphatic hydroxyl groups is 1. The highest BCUT2D eigenvalue weighted by Gasteiger charge is 2.26. The van der Waals surface area contributed by atoms with Gasteiger partial charge in [-0.1, -0.05) is 6.92 Å². The van der Waals surface area contributed by atoms with Gasteiger partial charge in [0.15, 0.2) is 0 Å². The van der Waals surface area contributed by atoms with Crippen LogP contribution in [0.4, 0.5) is 0 Å². The van der Waals surface area contributed by atoms with E-state index in [4.69, 9.17) is 5.26 Å². The fourth-order valence-corrected chi connectivity index (χ4v) is 2.19. The van der Waals surface area contributed by atoms with Gasteiger partial charge in [-0.25, -0.2) is 0 Å². The Morgan fingerprint density at radius 2 is 2.33 bits per heavy atom. The third kappa shape index (κ3) is 4.28. The van der Waals surface area contributed by atoms with E-state index in [0.717, 1.165) is 13.0 Å². The summed E-state index contributed by atoms with van der Waals surface area (Å²) in [7, 11) is 0. The van der Waals surface area contributed by atoms with Gasteiger partial charge in [0.1, 0.15) is 0 Å². The zero-order valence-corrected chi connectivity index (χ0v) is 11.3. The molecule has 2 atom stereocenters. The molecule has 1 rings (SSSR count). The van der Waals surface area contributed by atoms with Gasteiger partial charge in [-0.15, -0.1) is 0 Å². The van der Waals surface area contributed by atoms with Crippen molar-refractivity contribution in [3.8, 4) is 6.07 Å². The number of β-amino-alcohol motifs (C(OH)–C–C–N with tert-alkyl or cyclic N) is 1. The van der Waals surface area contributed by atoms with Gasteiger partial charge in [-0.05, 0) is 25.8 Å². The zero-order chi connectivity index (χ0) is 13.5. The molecule has 0 radical (unpaired) electrons. The largest absolute Gasteiger partial charge is 0.392 e.